The molecule has 0 unspecified atom stereocenters. The van der Waals surface area contributed by atoms with Gasteiger partial charge in [0.15, 0.2) is 0 Å². The van der Waals surface area contributed by atoms with Crippen LogP contribution in [0, 0.1) is 6.92 Å². The smallest absolute Gasteiger partial charge is 0.292 e. The van der Waals surface area contributed by atoms with Gasteiger partial charge in [-0.15, -0.1) is 0 Å². The van der Waals surface area contributed by atoms with Crippen molar-refractivity contribution in [3.8, 4) is 0 Å². The number of carbonyl (C=O) groups excluding carboxylic acids is 1. The summed E-state index contributed by atoms with van der Waals surface area (Å²) in [4.78, 5) is 17.9. The SMILES string of the molecule is Cc1nc(C(=O)NCCCN2CCNCC2)no1. The minimum absolute atomic E-state index is 0.106. The predicted octanol–water partition coefficient (Wildman–Crippen LogP) is -0.597. The Hall–Kier alpha value is -1.47. The van der Waals surface area contributed by atoms with Gasteiger partial charge in [0.2, 0.25) is 5.89 Å². The van der Waals surface area contributed by atoms with Crippen molar-refractivity contribution >= 4 is 5.91 Å². The first-order valence-electron chi connectivity index (χ1n) is 6.27. The van der Waals surface area contributed by atoms with Crippen molar-refractivity contribution in [2.45, 2.75) is 13.3 Å². The average molecular weight is 253 g/mol. The van der Waals surface area contributed by atoms with Crippen LogP contribution in [0.1, 0.15) is 22.9 Å². The van der Waals surface area contributed by atoms with Gasteiger partial charge in [0.1, 0.15) is 0 Å². The Kier molecular flexibility index (Phi) is 4.66. The van der Waals surface area contributed by atoms with E-state index in [0.717, 1.165) is 39.1 Å². The molecule has 100 valence electrons. The van der Waals surface area contributed by atoms with E-state index >= 15 is 0 Å². The first-order valence-corrected chi connectivity index (χ1v) is 6.27. The Morgan fingerprint density at radius 3 is 2.94 bits per heavy atom. The topological polar surface area (TPSA) is 83.3 Å². The van der Waals surface area contributed by atoms with Crippen LogP contribution >= 0.6 is 0 Å². The number of hydrogen-bond acceptors (Lipinski definition) is 6. The number of aryl methyl sites for hydroxylation is 1. The number of rotatable bonds is 5. The highest BCUT2D eigenvalue weighted by molar-refractivity contribution is 5.90. The van der Waals surface area contributed by atoms with Gasteiger partial charge in [0.25, 0.3) is 11.7 Å². The normalized spacial score (nSPS) is 16.7. The second-order valence-corrected chi connectivity index (χ2v) is 4.34. The highest BCUT2D eigenvalue weighted by atomic mass is 16.5. The van der Waals surface area contributed by atoms with E-state index in [1.807, 2.05) is 0 Å². The van der Waals surface area contributed by atoms with Gasteiger partial charge in [-0.05, 0) is 13.0 Å². The zero-order chi connectivity index (χ0) is 12.8. The van der Waals surface area contributed by atoms with E-state index in [4.69, 9.17) is 4.52 Å². The summed E-state index contributed by atoms with van der Waals surface area (Å²) >= 11 is 0. The van der Waals surface area contributed by atoms with E-state index in [0.29, 0.717) is 12.4 Å². The third-order valence-corrected chi connectivity index (χ3v) is 2.88. The molecule has 1 saturated heterocycles. The van der Waals surface area contributed by atoms with E-state index in [9.17, 15) is 4.79 Å². The second-order valence-electron chi connectivity index (χ2n) is 4.34. The van der Waals surface area contributed by atoms with Crippen molar-refractivity contribution in [3.63, 3.8) is 0 Å². The van der Waals surface area contributed by atoms with Crippen molar-refractivity contribution in [3.05, 3.63) is 11.7 Å². The molecular weight excluding hydrogens is 234 g/mol. The molecule has 2 N–H and O–H groups in total. The number of nitrogens with one attached hydrogen (secondary N) is 2. The van der Waals surface area contributed by atoms with Crippen LogP contribution in [0.25, 0.3) is 0 Å². The maximum Gasteiger partial charge on any atom is 0.292 e. The van der Waals surface area contributed by atoms with Gasteiger partial charge < -0.3 is 20.1 Å². The van der Waals surface area contributed by atoms with Gasteiger partial charge in [-0.3, -0.25) is 4.79 Å². The summed E-state index contributed by atoms with van der Waals surface area (Å²) in [6.07, 6.45) is 0.933. The number of aromatic nitrogens is 2. The van der Waals surface area contributed by atoms with Gasteiger partial charge in [-0.25, -0.2) is 0 Å². The third kappa shape index (κ3) is 3.78. The van der Waals surface area contributed by atoms with E-state index in [1.165, 1.54) is 0 Å². The number of nitrogens with zero attached hydrogens (tertiary/aromatic N) is 3. The van der Waals surface area contributed by atoms with E-state index < -0.39 is 0 Å². The average Bonchev–Trinajstić information content (AvgIpc) is 2.82. The zero-order valence-corrected chi connectivity index (χ0v) is 10.6. The lowest BCUT2D eigenvalue weighted by atomic mass is 10.3. The molecule has 2 heterocycles. The van der Waals surface area contributed by atoms with Gasteiger partial charge in [0.05, 0.1) is 0 Å². The molecule has 0 radical (unpaired) electrons. The highest BCUT2D eigenvalue weighted by Gasteiger charge is 2.12. The highest BCUT2D eigenvalue weighted by Crippen LogP contribution is 1.96. The Balaban J connectivity index is 1.61. The quantitative estimate of drug-likeness (QED) is 0.682. The number of carbonyl (C=O) groups is 1. The van der Waals surface area contributed by atoms with Gasteiger partial charge >= 0.3 is 0 Å². The lowest BCUT2D eigenvalue weighted by Gasteiger charge is -2.26. The van der Waals surface area contributed by atoms with Crippen molar-refractivity contribution in [1.29, 1.82) is 0 Å². The molecule has 0 aromatic carbocycles. The zero-order valence-electron chi connectivity index (χ0n) is 10.6. The second kappa shape index (κ2) is 6.46. The molecular formula is C11H19N5O2. The maximum atomic E-state index is 11.6. The van der Waals surface area contributed by atoms with E-state index in [1.54, 1.807) is 6.92 Å². The van der Waals surface area contributed by atoms with E-state index in [2.05, 4.69) is 25.7 Å². The molecule has 0 bridgehead atoms. The number of hydrogen-bond donors (Lipinski definition) is 2. The molecule has 1 fully saturated rings. The molecule has 1 amide bonds. The van der Waals surface area contributed by atoms with Crippen molar-refractivity contribution in [2.24, 2.45) is 0 Å². The van der Waals surface area contributed by atoms with Crippen LogP contribution in [0.3, 0.4) is 0 Å². The summed E-state index contributed by atoms with van der Waals surface area (Å²) in [6, 6.07) is 0. The lowest BCUT2D eigenvalue weighted by molar-refractivity contribution is 0.0938. The molecule has 1 aromatic rings. The molecule has 1 aromatic heterocycles. The van der Waals surface area contributed by atoms with Crippen molar-refractivity contribution in [1.82, 2.24) is 25.7 Å². The minimum Gasteiger partial charge on any atom is -0.349 e. The maximum absolute atomic E-state index is 11.6. The summed E-state index contributed by atoms with van der Waals surface area (Å²) in [5.74, 6) is 0.239. The summed E-state index contributed by atoms with van der Waals surface area (Å²) in [5.41, 5.74) is 0. The molecule has 18 heavy (non-hydrogen) atoms. The fourth-order valence-electron chi connectivity index (χ4n) is 1.91. The molecule has 7 nitrogen and oxygen atoms in total. The van der Waals surface area contributed by atoms with Crippen LogP contribution in [0.2, 0.25) is 0 Å². The Bertz CT molecular complexity index is 387. The first-order chi connectivity index (χ1) is 8.75. The van der Waals surface area contributed by atoms with Crippen molar-refractivity contribution < 1.29 is 9.32 Å². The van der Waals surface area contributed by atoms with E-state index in [-0.39, 0.29) is 11.7 Å². The first kappa shape index (κ1) is 13.0. The Morgan fingerprint density at radius 2 is 2.28 bits per heavy atom. The molecule has 2 rings (SSSR count). The molecule has 0 saturated carbocycles. The Labute approximate surface area is 106 Å². The van der Waals surface area contributed by atoms with Gasteiger partial charge in [-0.2, -0.15) is 4.98 Å². The minimum atomic E-state index is -0.271. The summed E-state index contributed by atoms with van der Waals surface area (Å²) in [7, 11) is 0. The molecule has 0 spiro atoms. The van der Waals surface area contributed by atoms with Crippen LogP contribution in [-0.2, 0) is 0 Å². The van der Waals surface area contributed by atoms with Gasteiger partial charge in [-0.1, -0.05) is 5.16 Å². The van der Waals surface area contributed by atoms with Crippen LogP contribution in [0.15, 0.2) is 4.52 Å². The van der Waals surface area contributed by atoms with Crippen molar-refractivity contribution in [2.75, 3.05) is 39.3 Å². The summed E-state index contributed by atoms with van der Waals surface area (Å²) in [5, 5.41) is 9.66. The van der Waals surface area contributed by atoms with Crippen LogP contribution < -0.4 is 10.6 Å². The molecule has 0 atom stereocenters. The number of piperazine rings is 1. The van der Waals surface area contributed by atoms with Crippen LogP contribution in [0.4, 0.5) is 0 Å². The molecule has 7 heteroatoms. The summed E-state index contributed by atoms with van der Waals surface area (Å²) < 4.78 is 4.75. The van der Waals surface area contributed by atoms with Gasteiger partial charge in [0, 0.05) is 39.6 Å². The monoisotopic (exact) mass is 253 g/mol. The predicted molar refractivity (Wildman–Crippen MR) is 65.3 cm³/mol. The molecule has 1 aliphatic rings. The molecule has 1 aliphatic heterocycles. The molecule has 0 aliphatic carbocycles. The fourth-order valence-corrected chi connectivity index (χ4v) is 1.91. The Morgan fingerprint density at radius 1 is 1.50 bits per heavy atom. The lowest BCUT2D eigenvalue weighted by Crippen LogP contribution is -2.44. The third-order valence-electron chi connectivity index (χ3n) is 2.88. The van der Waals surface area contributed by atoms with Crippen LogP contribution in [0.5, 0.6) is 0 Å². The largest absolute Gasteiger partial charge is 0.349 e. The van der Waals surface area contributed by atoms with Crippen LogP contribution in [-0.4, -0.2) is 60.2 Å². The standard InChI is InChI=1S/C11H19N5O2/c1-9-14-10(15-18-9)11(17)13-3-2-6-16-7-4-12-5-8-16/h12H,2-8H2,1H3,(H,13,17). The number of amides is 1. The fraction of sp³-hybridized carbons (Fsp3) is 0.727. The summed E-state index contributed by atoms with van der Waals surface area (Å²) in [6.45, 7) is 7.57.